The molecule has 4 nitrogen and oxygen atoms in total. The molecule has 3 rings (SSSR count). The van der Waals surface area contributed by atoms with E-state index >= 15 is 0 Å². The highest BCUT2D eigenvalue weighted by Gasteiger charge is 2.37. The molecule has 0 spiro atoms. The lowest BCUT2D eigenvalue weighted by molar-refractivity contribution is -0.149. The van der Waals surface area contributed by atoms with Gasteiger partial charge in [0, 0.05) is 10.6 Å². The zero-order chi connectivity index (χ0) is 32.7. The van der Waals surface area contributed by atoms with Crippen molar-refractivity contribution in [2.45, 2.75) is 151 Å². The molecule has 1 aliphatic rings. The van der Waals surface area contributed by atoms with E-state index in [1.807, 2.05) is 13.8 Å². The minimum Gasteiger partial charge on any atom is -0.487 e. The number of carbonyl (C=O) groups is 1. The number of rotatable bonds is 16. The molecule has 0 saturated carbocycles. The molecule has 0 amide bonds. The molecule has 0 radical (unpaired) electrons. The summed E-state index contributed by atoms with van der Waals surface area (Å²) >= 11 is 6.00. The molecule has 0 N–H and O–H groups in total. The maximum absolute atomic E-state index is 13.3. The molecule has 1 heterocycles. The lowest BCUT2D eigenvalue weighted by Crippen LogP contribution is -2.42. The van der Waals surface area contributed by atoms with Crippen LogP contribution in [-0.2, 0) is 11.2 Å². The molecule has 3 atom stereocenters. The average molecular weight is 627 g/mol. The van der Waals surface area contributed by atoms with Crippen molar-refractivity contribution in [3.05, 3.63) is 51.5 Å². The first-order chi connectivity index (χ1) is 20.6. The molecule has 0 aromatic heterocycles. The summed E-state index contributed by atoms with van der Waals surface area (Å²) in [6, 6.07) is 6.99. The average Bonchev–Trinajstić information content (AvgIpc) is 2.94. The lowest BCUT2D eigenvalue weighted by atomic mass is 9.83. The Hall–Kier alpha value is -2.20. The van der Waals surface area contributed by atoms with Crippen LogP contribution in [0.3, 0.4) is 0 Å². The summed E-state index contributed by atoms with van der Waals surface area (Å²) in [4.78, 5) is 13.3. The molecule has 3 unspecified atom stereocenters. The number of hydrogen-bond donors (Lipinski definition) is 0. The van der Waals surface area contributed by atoms with Gasteiger partial charge in [-0.05, 0) is 126 Å². The quantitative estimate of drug-likeness (QED) is 0.137. The zero-order valence-corrected chi connectivity index (χ0v) is 30.1. The van der Waals surface area contributed by atoms with Gasteiger partial charge in [-0.25, -0.2) is 4.79 Å². The fourth-order valence-electron chi connectivity index (χ4n) is 6.47. The fraction of sp³-hybridized carbons (Fsp3) is 0.667. The Balaban J connectivity index is 1.55. The third-order valence-corrected chi connectivity index (χ3v) is 9.96. The van der Waals surface area contributed by atoms with Crippen molar-refractivity contribution in [3.63, 3.8) is 0 Å². The molecule has 1 aliphatic heterocycles. The van der Waals surface area contributed by atoms with Gasteiger partial charge in [0.15, 0.2) is 0 Å². The highest BCUT2D eigenvalue weighted by Crippen LogP contribution is 2.45. The van der Waals surface area contributed by atoms with Crippen LogP contribution in [0, 0.1) is 38.5 Å². The predicted molar refractivity (Wildman–Crippen MR) is 185 cm³/mol. The summed E-state index contributed by atoms with van der Waals surface area (Å²) in [7, 11) is 0. The minimum atomic E-state index is -1.17. The second-order valence-electron chi connectivity index (χ2n) is 14.9. The van der Waals surface area contributed by atoms with Gasteiger partial charge in [-0.1, -0.05) is 84.2 Å². The summed E-state index contributed by atoms with van der Waals surface area (Å²) in [6.07, 6.45) is 13.5. The molecule has 0 saturated heterocycles. The van der Waals surface area contributed by atoms with Gasteiger partial charge in [-0.2, -0.15) is 0 Å². The highest BCUT2D eigenvalue weighted by molar-refractivity contribution is 6.30. The van der Waals surface area contributed by atoms with Crippen LogP contribution in [0.4, 0.5) is 0 Å². The largest absolute Gasteiger partial charge is 0.487 e. The number of fused-ring (bicyclic) bond motifs is 1. The second kappa shape index (κ2) is 15.9. The van der Waals surface area contributed by atoms with Crippen LogP contribution >= 0.6 is 11.6 Å². The molecular formula is C39H59ClO4. The number of ether oxygens (including phenoxy) is 3. The number of benzene rings is 2. The summed E-state index contributed by atoms with van der Waals surface area (Å²) in [5, 5.41) is 0.615. The Morgan fingerprint density at radius 3 is 2.05 bits per heavy atom. The van der Waals surface area contributed by atoms with Crippen LogP contribution in [0.5, 0.6) is 17.2 Å². The molecule has 2 aromatic rings. The number of carbonyl (C=O) groups excluding carboxylic acids is 1. The minimum absolute atomic E-state index is 0.173. The Labute approximate surface area is 273 Å². The Morgan fingerprint density at radius 1 is 0.886 bits per heavy atom. The van der Waals surface area contributed by atoms with Crippen molar-refractivity contribution >= 4 is 17.6 Å². The van der Waals surface area contributed by atoms with E-state index in [-0.39, 0.29) is 5.60 Å². The van der Waals surface area contributed by atoms with Crippen molar-refractivity contribution in [2.75, 3.05) is 0 Å². The molecular weight excluding hydrogens is 568 g/mol. The van der Waals surface area contributed by atoms with Crippen LogP contribution < -0.4 is 14.2 Å². The van der Waals surface area contributed by atoms with Crippen molar-refractivity contribution in [1.29, 1.82) is 0 Å². The van der Waals surface area contributed by atoms with Gasteiger partial charge in [-0.15, -0.1) is 0 Å². The van der Waals surface area contributed by atoms with Crippen molar-refractivity contribution in [2.24, 2.45) is 17.8 Å². The van der Waals surface area contributed by atoms with E-state index in [2.05, 4.69) is 41.5 Å². The highest BCUT2D eigenvalue weighted by atomic mass is 35.5. The fourth-order valence-corrected chi connectivity index (χ4v) is 6.59. The van der Waals surface area contributed by atoms with Gasteiger partial charge in [0.05, 0.1) is 0 Å². The third kappa shape index (κ3) is 10.2. The molecule has 5 heteroatoms. The standard InChI is InChI=1S/C39H59ClO4/c1-26(2)14-11-15-27(3)16-12-17-28(4)18-13-24-39(10)25-23-34-31(7)35(29(5)30(6)36(34)44-39)42-37(41)38(8,9)43-33-21-19-32(40)20-22-33/h19-22,26-28H,11-18,23-25H2,1-10H3. The topological polar surface area (TPSA) is 44.8 Å². The van der Waals surface area contributed by atoms with Crippen LogP contribution in [0.15, 0.2) is 24.3 Å². The third-order valence-electron chi connectivity index (χ3n) is 9.71. The first kappa shape index (κ1) is 36.3. The van der Waals surface area contributed by atoms with E-state index in [1.165, 1.54) is 51.4 Å². The van der Waals surface area contributed by atoms with E-state index < -0.39 is 11.6 Å². The van der Waals surface area contributed by atoms with Gasteiger partial charge >= 0.3 is 5.97 Å². The van der Waals surface area contributed by atoms with E-state index in [0.717, 1.165) is 65.0 Å². The van der Waals surface area contributed by atoms with Crippen LogP contribution in [-0.4, -0.2) is 17.2 Å². The van der Waals surface area contributed by atoms with E-state index in [4.69, 9.17) is 25.8 Å². The van der Waals surface area contributed by atoms with Crippen LogP contribution in [0.2, 0.25) is 5.02 Å². The molecule has 44 heavy (non-hydrogen) atoms. The Morgan fingerprint density at radius 2 is 1.45 bits per heavy atom. The molecule has 0 bridgehead atoms. The molecule has 2 aromatic carbocycles. The monoisotopic (exact) mass is 626 g/mol. The first-order valence-electron chi connectivity index (χ1n) is 17.1. The van der Waals surface area contributed by atoms with Gasteiger partial charge in [-0.3, -0.25) is 0 Å². The van der Waals surface area contributed by atoms with Crippen molar-refractivity contribution in [3.8, 4) is 17.2 Å². The van der Waals surface area contributed by atoms with E-state index in [1.54, 1.807) is 38.1 Å². The van der Waals surface area contributed by atoms with Crippen LogP contribution in [0.25, 0.3) is 0 Å². The maximum atomic E-state index is 13.3. The van der Waals surface area contributed by atoms with E-state index in [0.29, 0.717) is 16.5 Å². The van der Waals surface area contributed by atoms with Crippen LogP contribution in [0.1, 0.15) is 135 Å². The summed E-state index contributed by atoms with van der Waals surface area (Å²) in [5.41, 5.74) is 2.77. The maximum Gasteiger partial charge on any atom is 0.355 e. The van der Waals surface area contributed by atoms with Gasteiger partial charge in [0.1, 0.15) is 22.8 Å². The van der Waals surface area contributed by atoms with Crippen molar-refractivity contribution in [1.82, 2.24) is 0 Å². The lowest BCUT2D eigenvalue weighted by Gasteiger charge is -2.38. The Kier molecular flexibility index (Phi) is 13.1. The predicted octanol–water partition coefficient (Wildman–Crippen LogP) is 11.6. The Bertz CT molecular complexity index is 1230. The smallest absolute Gasteiger partial charge is 0.355 e. The molecule has 0 aliphatic carbocycles. The molecule has 246 valence electrons. The SMILES string of the molecule is Cc1c(C)c2c(c(C)c1OC(=O)C(C)(C)Oc1ccc(Cl)cc1)CCC(C)(CCCC(C)CCCC(C)CCCC(C)C)O2. The van der Waals surface area contributed by atoms with Gasteiger partial charge in [0.2, 0.25) is 5.60 Å². The first-order valence-corrected chi connectivity index (χ1v) is 17.5. The molecule has 0 fully saturated rings. The second-order valence-corrected chi connectivity index (χ2v) is 15.3. The normalized spacial score (nSPS) is 18.0. The number of esters is 1. The number of halogens is 1. The summed E-state index contributed by atoms with van der Waals surface area (Å²) < 4.78 is 18.8. The van der Waals surface area contributed by atoms with Crippen molar-refractivity contribution < 1.29 is 19.0 Å². The number of hydrogen-bond acceptors (Lipinski definition) is 4. The zero-order valence-electron chi connectivity index (χ0n) is 29.3. The van der Waals surface area contributed by atoms with Gasteiger partial charge < -0.3 is 14.2 Å². The van der Waals surface area contributed by atoms with Gasteiger partial charge in [0.25, 0.3) is 0 Å². The summed E-state index contributed by atoms with van der Waals surface area (Å²) in [6.45, 7) is 21.4. The summed E-state index contributed by atoms with van der Waals surface area (Å²) in [5.74, 6) is 4.16. The van der Waals surface area contributed by atoms with E-state index in [9.17, 15) is 4.79 Å².